The number of ether oxygens (including phenoxy) is 1. The first-order valence-electron chi connectivity index (χ1n) is 5.22. The van der Waals surface area contributed by atoms with Crippen molar-refractivity contribution in [2.75, 3.05) is 18.1 Å². The number of rotatable bonds is 3. The van der Waals surface area contributed by atoms with Gasteiger partial charge in [0.05, 0.1) is 27.6 Å². The average Bonchev–Trinajstić information content (AvgIpc) is 2.70. The first-order chi connectivity index (χ1) is 7.66. The Morgan fingerprint density at radius 2 is 2.38 bits per heavy atom. The SMILES string of the molecule is Nc1cc(Cl)ccc1S(=O)CC1CCCO1. The standard InChI is InChI=1S/C11H14ClNO2S/c12-8-3-4-11(10(13)6-8)16(14)7-9-2-1-5-15-9/h3-4,6,9H,1-2,5,7,13H2. The molecular formula is C11H14ClNO2S. The molecule has 1 aromatic rings. The van der Waals surface area contributed by atoms with Gasteiger partial charge in [0.25, 0.3) is 0 Å². The van der Waals surface area contributed by atoms with Crippen LogP contribution in [0.15, 0.2) is 23.1 Å². The molecule has 5 heteroatoms. The zero-order chi connectivity index (χ0) is 11.5. The Bertz CT molecular complexity index is 405. The molecule has 0 amide bonds. The molecule has 1 saturated heterocycles. The van der Waals surface area contributed by atoms with Crippen LogP contribution in [0.25, 0.3) is 0 Å². The molecule has 0 aromatic heterocycles. The molecule has 2 atom stereocenters. The summed E-state index contributed by atoms with van der Waals surface area (Å²) in [6.45, 7) is 0.776. The highest BCUT2D eigenvalue weighted by Crippen LogP contribution is 2.23. The van der Waals surface area contributed by atoms with E-state index in [4.69, 9.17) is 22.1 Å². The number of benzene rings is 1. The molecule has 1 fully saturated rings. The zero-order valence-corrected chi connectivity index (χ0v) is 10.4. The number of nitrogens with two attached hydrogens (primary N) is 1. The van der Waals surface area contributed by atoms with Gasteiger partial charge in [-0.1, -0.05) is 11.6 Å². The summed E-state index contributed by atoms with van der Waals surface area (Å²) in [4.78, 5) is 0.653. The van der Waals surface area contributed by atoms with E-state index in [1.807, 2.05) is 0 Å². The lowest BCUT2D eigenvalue weighted by atomic mass is 10.3. The highest BCUT2D eigenvalue weighted by atomic mass is 35.5. The summed E-state index contributed by atoms with van der Waals surface area (Å²) in [6, 6.07) is 5.06. The van der Waals surface area contributed by atoms with Crippen molar-refractivity contribution in [2.24, 2.45) is 0 Å². The van der Waals surface area contributed by atoms with Gasteiger partial charge >= 0.3 is 0 Å². The maximum absolute atomic E-state index is 12.0. The van der Waals surface area contributed by atoms with Crippen LogP contribution in [-0.2, 0) is 15.5 Å². The molecule has 1 aliphatic rings. The molecule has 88 valence electrons. The summed E-state index contributed by atoms with van der Waals surface area (Å²) in [6.07, 6.45) is 2.15. The molecule has 0 bridgehead atoms. The van der Waals surface area contributed by atoms with Crippen molar-refractivity contribution in [3.8, 4) is 0 Å². The third kappa shape index (κ3) is 2.75. The van der Waals surface area contributed by atoms with Gasteiger partial charge in [0.1, 0.15) is 0 Å². The third-order valence-corrected chi connectivity index (χ3v) is 4.35. The minimum absolute atomic E-state index is 0.107. The summed E-state index contributed by atoms with van der Waals surface area (Å²) in [5.41, 5.74) is 6.27. The summed E-state index contributed by atoms with van der Waals surface area (Å²) in [7, 11) is -1.10. The summed E-state index contributed by atoms with van der Waals surface area (Å²) in [5, 5.41) is 0.565. The van der Waals surface area contributed by atoms with Gasteiger partial charge in [-0.25, -0.2) is 0 Å². The Balaban J connectivity index is 2.08. The first-order valence-corrected chi connectivity index (χ1v) is 6.91. The predicted octanol–water partition coefficient (Wildman–Crippen LogP) is 2.21. The molecule has 2 N–H and O–H groups in total. The minimum Gasteiger partial charge on any atom is -0.398 e. The number of hydrogen-bond donors (Lipinski definition) is 1. The fraction of sp³-hybridized carbons (Fsp3) is 0.455. The van der Waals surface area contributed by atoms with E-state index in [2.05, 4.69) is 0 Å². The molecule has 0 aliphatic carbocycles. The van der Waals surface area contributed by atoms with E-state index >= 15 is 0 Å². The highest BCUT2D eigenvalue weighted by molar-refractivity contribution is 7.85. The van der Waals surface area contributed by atoms with Gasteiger partial charge < -0.3 is 10.5 Å². The van der Waals surface area contributed by atoms with Crippen molar-refractivity contribution < 1.29 is 8.95 Å². The van der Waals surface area contributed by atoms with Gasteiger partial charge in [-0.2, -0.15) is 0 Å². The van der Waals surface area contributed by atoms with E-state index in [0.29, 0.717) is 21.4 Å². The molecule has 3 nitrogen and oxygen atoms in total. The zero-order valence-electron chi connectivity index (χ0n) is 8.82. The Labute approximate surface area is 102 Å². The number of anilines is 1. The van der Waals surface area contributed by atoms with Gasteiger partial charge in [0, 0.05) is 17.3 Å². The Hall–Kier alpha value is -0.580. The second-order valence-corrected chi connectivity index (χ2v) is 5.73. The quantitative estimate of drug-likeness (QED) is 0.847. The largest absolute Gasteiger partial charge is 0.398 e. The number of halogens is 1. The van der Waals surface area contributed by atoms with Crippen LogP contribution in [0.1, 0.15) is 12.8 Å². The molecule has 1 aliphatic heterocycles. The second-order valence-electron chi connectivity index (χ2n) is 3.83. The van der Waals surface area contributed by atoms with E-state index in [0.717, 1.165) is 19.4 Å². The van der Waals surface area contributed by atoms with Crippen molar-refractivity contribution in [1.29, 1.82) is 0 Å². The molecule has 2 rings (SSSR count). The molecule has 16 heavy (non-hydrogen) atoms. The van der Waals surface area contributed by atoms with Crippen LogP contribution in [0.5, 0.6) is 0 Å². The van der Waals surface area contributed by atoms with Gasteiger partial charge in [-0.3, -0.25) is 4.21 Å². The molecule has 1 heterocycles. The van der Waals surface area contributed by atoms with Gasteiger partial charge in [0.15, 0.2) is 0 Å². The van der Waals surface area contributed by atoms with Crippen LogP contribution in [0, 0.1) is 0 Å². The normalized spacial score (nSPS) is 22.2. The monoisotopic (exact) mass is 259 g/mol. The lowest BCUT2D eigenvalue weighted by Gasteiger charge is -2.10. The van der Waals surface area contributed by atoms with Crippen LogP contribution in [0.2, 0.25) is 5.02 Å². The molecule has 1 aromatic carbocycles. The summed E-state index contributed by atoms with van der Waals surface area (Å²) >= 11 is 5.79. The fourth-order valence-corrected chi connectivity index (χ4v) is 3.26. The lowest BCUT2D eigenvalue weighted by Crippen LogP contribution is -2.16. The van der Waals surface area contributed by atoms with E-state index in [1.54, 1.807) is 18.2 Å². The number of nitrogen functional groups attached to an aromatic ring is 1. The van der Waals surface area contributed by atoms with Gasteiger partial charge in [0.2, 0.25) is 0 Å². The molecule has 0 saturated carbocycles. The van der Waals surface area contributed by atoms with Gasteiger partial charge in [-0.05, 0) is 31.0 Å². The van der Waals surface area contributed by atoms with Crippen molar-refractivity contribution in [2.45, 2.75) is 23.8 Å². The van der Waals surface area contributed by atoms with Crippen molar-refractivity contribution in [1.82, 2.24) is 0 Å². The molecule has 2 unspecified atom stereocenters. The van der Waals surface area contributed by atoms with Crippen LogP contribution >= 0.6 is 11.6 Å². The Kier molecular flexibility index (Phi) is 3.84. The van der Waals surface area contributed by atoms with E-state index < -0.39 is 10.8 Å². The van der Waals surface area contributed by atoms with E-state index in [9.17, 15) is 4.21 Å². The molecule has 0 radical (unpaired) electrons. The maximum atomic E-state index is 12.0. The van der Waals surface area contributed by atoms with Crippen molar-refractivity contribution in [3.05, 3.63) is 23.2 Å². The van der Waals surface area contributed by atoms with Crippen LogP contribution in [-0.4, -0.2) is 22.7 Å². The van der Waals surface area contributed by atoms with Crippen molar-refractivity contribution in [3.63, 3.8) is 0 Å². The van der Waals surface area contributed by atoms with Crippen LogP contribution in [0.3, 0.4) is 0 Å². The third-order valence-electron chi connectivity index (χ3n) is 2.58. The smallest absolute Gasteiger partial charge is 0.0694 e. The summed E-state index contributed by atoms with van der Waals surface area (Å²) in [5.74, 6) is 0.520. The Morgan fingerprint density at radius 1 is 1.56 bits per heavy atom. The molecular weight excluding hydrogens is 246 g/mol. The molecule has 0 spiro atoms. The topological polar surface area (TPSA) is 52.3 Å². The van der Waals surface area contributed by atoms with Crippen molar-refractivity contribution >= 4 is 28.1 Å². The van der Waals surface area contributed by atoms with E-state index in [1.165, 1.54) is 0 Å². The minimum atomic E-state index is -1.10. The first kappa shape index (κ1) is 11.9. The Morgan fingerprint density at radius 3 is 3.00 bits per heavy atom. The summed E-state index contributed by atoms with van der Waals surface area (Å²) < 4.78 is 17.5. The highest BCUT2D eigenvalue weighted by Gasteiger charge is 2.20. The predicted molar refractivity (Wildman–Crippen MR) is 66.1 cm³/mol. The lowest BCUT2D eigenvalue weighted by molar-refractivity contribution is 0.128. The second kappa shape index (κ2) is 5.17. The van der Waals surface area contributed by atoms with E-state index in [-0.39, 0.29) is 6.10 Å². The average molecular weight is 260 g/mol. The van der Waals surface area contributed by atoms with Crippen LogP contribution in [0.4, 0.5) is 5.69 Å². The van der Waals surface area contributed by atoms with Crippen LogP contribution < -0.4 is 5.73 Å². The van der Waals surface area contributed by atoms with Gasteiger partial charge in [-0.15, -0.1) is 0 Å². The fourth-order valence-electron chi connectivity index (χ4n) is 1.76. The maximum Gasteiger partial charge on any atom is 0.0694 e. The number of hydrogen-bond acceptors (Lipinski definition) is 3.